The van der Waals surface area contributed by atoms with Crippen LogP contribution in [0.25, 0.3) is 0 Å². The van der Waals surface area contributed by atoms with Gasteiger partial charge in [0.25, 0.3) is 0 Å². The molecule has 7 heteroatoms. The number of urea groups is 1. The van der Waals surface area contributed by atoms with Crippen LogP contribution in [0.1, 0.15) is 10.9 Å². The summed E-state index contributed by atoms with van der Waals surface area (Å²) in [4.78, 5) is 21.6. The maximum atomic E-state index is 10.8. The lowest BCUT2D eigenvalue weighted by molar-refractivity contribution is -0.380. The number of nitro groups is 1. The highest BCUT2D eigenvalue weighted by molar-refractivity contribution is 7.15. The minimum absolute atomic E-state index is 0.0983. The molecule has 1 fully saturated rings. The SMILES string of the molecule is O=C1NC[C@H](c2ccc([N+](=O)[O-])s2)N1. The van der Waals surface area contributed by atoms with Crippen molar-refractivity contribution >= 4 is 22.4 Å². The van der Waals surface area contributed by atoms with Crippen LogP contribution in [-0.4, -0.2) is 17.5 Å². The molecule has 0 unspecified atom stereocenters. The van der Waals surface area contributed by atoms with Gasteiger partial charge in [-0.15, -0.1) is 0 Å². The molecular formula is C7H7N3O3S. The Hall–Kier alpha value is -1.63. The first-order valence-corrected chi connectivity index (χ1v) is 4.77. The molecule has 1 aromatic rings. The van der Waals surface area contributed by atoms with E-state index in [0.717, 1.165) is 16.2 Å². The molecule has 0 bridgehead atoms. The fourth-order valence-corrected chi connectivity index (χ4v) is 2.13. The van der Waals surface area contributed by atoms with E-state index in [0.29, 0.717) is 6.54 Å². The number of amides is 2. The van der Waals surface area contributed by atoms with Crippen molar-refractivity contribution in [1.29, 1.82) is 0 Å². The standard InChI is InChI=1S/C7H7N3O3S/c11-7-8-3-4(9-7)5-1-2-6(14-5)10(12)13/h1-2,4H,3H2,(H2,8,9,11)/t4-/m1/s1. The van der Waals surface area contributed by atoms with Crippen LogP contribution in [0.4, 0.5) is 9.80 Å². The number of nitrogens with one attached hydrogen (secondary N) is 2. The molecule has 1 aromatic heterocycles. The summed E-state index contributed by atoms with van der Waals surface area (Å²) in [5.41, 5.74) is 0. The van der Waals surface area contributed by atoms with Crippen LogP contribution in [0.2, 0.25) is 0 Å². The number of nitrogens with zero attached hydrogens (tertiary/aromatic N) is 1. The van der Waals surface area contributed by atoms with E-state index in [4.69, 9.17) is 0 Å². The predicted molar refractivity (Wildman–Crippen MR) is 50.2 cm³/mol. The number of carbonyl (C=O) groups is 1. The number of thiophene rings is 1. The van der Waals surface area contributed by atoms with E-state index in [9.17, 15) is 14.9 Å². The zero-order chi connectivity index (χ0) is 10.1. The Labute approximate surface area is 83.1 Å². The highest BCUT2D eigenvalue weighted by atomic mass is 32.1. The third kappa shape index (κ3) is 1.53. The molecule has 6 nitrogen and oxygen atoms in total. The molecule has 1 atom stereocenters. The summed E-state index contributed by atoms with van der Waals surface area (Å²) in [7, 11) is 0. The second kappa shape index (κ2) is 3.26. The zero-order valence-corrected chi connectivity index (χ0v) is 7.84. The number of rotatable bonds is 2. The number of hydrogen-bond acceptors (Lipinski definition) is 4. The smallest absolute Gasteiger partial charge is 0.324 e. The van der Waals surface area contributed by atoms with Gasteiger partial charge in [-0.3, -0.25) is 10.1 Å². The molecule has 1 aliphatic heterocycles. The molecule has 0 radical (unpaired) electrons. The van der Waals surface area contributed by atoms with Crippen LogP contribution in [0.5, 0.6) is 0 Å². The fourth-order valence-electron chi connectivity index (χ4n) is 1.25. The van der Waals surface area contributed by atoms with Gasteiger partial charge in [-0.05, 0) is 6.07 Å². The lowest BCUT2D eigenvalue weighted by Gasteiger charge is -2.02. The molecule has 1 aliphatic rings. The van der Waals surface area contributed by atoms with E-state index in [2.05, 4.69) is 10.6 Å². The van der Waals surface area contributed by atoms with E-state index in [1.807, 2.05) is 0 Å². The molecule has 2 heterocycles. The maximum absolute atomic E-state index is 10.8. The minimum atomic E-state index is -0.432. The van der Waals surface area contributed by atoms with Gasteiger partial charge in [0.2, 0.25) is 0 Å². The molecule has 0 aromatic carbocycles. The second-order valence-corrected chi connectivity index (χ2v) is 3.93. The Kier molecular flexibility index (Phi) is 2.08. The van der Waals surface area contributed by atoms with Crippen molar-refractivity contribution < 1.29 is 9.72 Å². The first-order valence-electron chi connectivity index (χ1n) is 3.95. The molecule has 2 rings (SSSR count). The van der Waals surface area contributed by atoms with Crippen molar-refractivity contribution in [3.8, 4) is 0 Å². The Bertz CT molecular complexity index is 389. The van der Waals surface area contributed by atoms with Gasteiger partial charge in [0.1, 0.15) is 0 Å². The quantitative estimate of drug-likeness (QED) is 0.568. The molecule has 2 amide bonds. The Morgan fingerprint density at radius 1 is 1.57 bits per heavy atom. The van der Waals surface area contributed by atoms with E-state index in [-0.39, 0.29) is 17.1 Å². The zero-order valence-electron chi connectivity index (χ0n) is 7.02. The molecule has 0 aliphatic carbocycles. The molecule has 0 saturated carbocycles. The third-order valence-electron chi connectivity index (χ3n) is 1.91. The van der Waals surface area contributed by atoms with Crippen molar-refractivity contribution in [3.63, 3.8) is 0 Å². The van der Waals surface area contributed by atoms with Crippen LogP contribution >= 0.6 is 11.3 Å². The Balaban J connectivity index is 2.17. The number of carbonyl (C=O) groups excluding carboxylic acids is 1. The van der Waals surface area contributed by atoms with Gasteiger partial charge in [-0.1, -0.05) is 11.3 Å². The summed E-state index contributed by atoms with van der Waals surface area (Å²) in [5.74, 6) is 0. The van der Waals surface area contributed by atoms with E-state index >= 15 is 0 Å². The van der Waals surface area contributed by atoms with Crippen LogP contribution in [0.15, 0.2) is 12.1 Å². The molecule has 14 heavy (non-hydrogen) atoms. The van der Waals surface area contributed by atoms with E-state index in [1.165, 1.54) is 6.07 Å². The van der Waals surface area contributed by atoms with E-state index < -0.39 is 4.92 Å². The van der Waals surface area contributed by atoms with Crippen molar-refractivity contribution in [1.82, 2.24) is 10.6 Å². The van der Waals surface area contributed by atoms with Crippen molar-refractivity contribution in [3.05, 3.63) is 27.1 Å². The van der Waals surface area contributed by atoms with Gasteiger partial charge < -0.3 is 10.6 Å². The normalized spacial score (nSPS) is 20.3. The van der Waals surface area contributed by atoms with Gasteiger partial charge in [0.05, 0.1) is 11.0 Å². The summed E-state index contributed by atoms with van der Waals surface area (Å²) in [6.07, 6.45) is 0. The van der Waals surface area contributed by atoms with Gasteiger partial charge in [-0.25, -0.2) is 4.79 Å². The lowest BCUT2D eigenvalue weighted by Crippen LogP contribution is -2.21. The predicted octanol–water partition coefficient (Wildman–Crippen LogP) is 1.01. The van der Waals surface area contributed by atoms with Crippen LogP contribution in [0.3, 0.4) is 0 Å². The monoisotopic (exact) mass is 213 g/mol. The topological polar surface area (TPSA) is 84.3 Å². The lowest BCUT2D eigenvalue weighted by atomic mass is 10.2. The molecular weight excluding hydrogens is 206 g/mol. The highest BCUT2D eigenvalue weighted by Crippen LogP contribution is 2.29. The first-order chi connectivity index (χ1) is 6.66. The molecule has 74 valence electrons. The van der Waals surface area contributed by atoms with Crippen LogP contribution in [-0.2, 0) is 0 Å². The van der Waals surface area contributed by atoms with Crippen molar-refractivity contribution in [2.24, 2.45) is 0 Å². The molecule has 1 saturated heterocycles. The summed E-state index contributed by atoms with van der Waals surface area (Å²) in [6, 6.07) is 2.75. The van der Waals surface area contributed by atoms with Crippen LogP contribution < -0.4 is 10.6 Å². The van der Waals surface area contributed by atoms with Crippen molar-refractivity contribution in [2.45, 2.75) is 6.04 Å². The van der Waals surface area contributed by atoms with Crippen LogP contribution in [0, 0.1) is 10.1 Å². The Morgan fingerprint density at radius 3 is 2.86 bits per heavy atom. The molecule has 0 spiro atoms. The summed E-state index contributed by atoms with van der Waals surface area (Å²) in [5, 5.41) is 15.8. The van der Waals surface area contributed by atoms with E-state index in [1.54, 1.807) is 6.07 Å². The maximum Gasteiger partial charge on any atom is 0.324 e. The highest BCUT2D eigenvalue weighted by Gasteiger charge is 2.24. The average molecular weight is 213 g/mol. The minimum Gasteiger partial charge on any atom is -0.336 e. The summed E-state index contributed by atoms with van der Waals surface area (Å²) < 4.78 is 0. The van der Waals surface area contributed by atoms with Gasteiger partial charge in [0.15, 0.2) is 0 Å². The molecule has 2 N–H and O–H groups in total. The van der Waals surface area contributed by atoms with Gasteiger partial charge in [0, 0.05) is 17.5 Å². The Morgan fingerprint density at radius 2 is 2.36 bits per heavy atom. The number of hydrogen-bond donors (Lipinski definition) is 2. The third-order valence-corrected chi connectivity index (χ3v) is 3.06. The largest absolute Gasteiger partial charge is 0.336 e. The van der Waals surface area contributed by atoms with Gasteiger partial charge >= 0.3 is 11.0 Å². The van der Waals surface area contributed by atoms with Crippen molar-refractivity contribution in [2.75, 3.05) is 6.54 Å². The average Bonchev–Trinajstić information content (AvgIpc) is 2.70. The summed E-state index contributed by atoms with van der Waals surface area (Å²) in [6.45, 7) is 0.483. The second-order valence-electron chi connectivity index (χ2n) is 2.84. The fraction of sp³-hybridized carbons (Fsp3) is 0.286. The first kappa shape index (κ1) is 8.95. The summed E-state index contributed by atoms with van der Waals surface area (Å²) >= 11 is 1.09. The van der Waals surface area contributed by atoms with Gasteiger partial charge in [-0.2, -0.15) is 0 Å².